The third kappa shape index (κ3) is 4.42. The molecule has 0 amide bonds. The molecule has 0 saturated carbocycles. The number of hydrogen-bond donors (Lipinski definition) is 0. The Morgan fingerprint density at radius 2 is 0.889 bits per heavy atom. The van der Waals surface area contributed by atoms with Crippen LogP contribution in [0.4, 0.5) is 34.1 Å². The van der Waals surface area contributed by atoms with Crippen LogP contribution in [0.5, 0.6) is 0 Å². The average molecular weight is 689 g/mol. The van der Waals surface area contributed by atoms with Gasteiger partial charge < -0.3 is 9.80 Å². The second kappa shape index (κ2) is 11.7. The highest BCUT2D eigenvalue weighted by atomic mass is 15.2. The van der Waals surface area contributed by atoms with Crippen molar-refractivity contribution < 1.29 is 0 Å². The minimum atomic E-state index is 0.111. The van der Waals surface area contributed by atoms with Crippen molar-refractivity contribution in [2.24, 2.45) is 0 Å². The maximum absolute atomic E-state index is 2.52. The Morgan fingerprint density at radius 1 is 0.370 bits per heavy atom. The van der Waals surface area contributed by atoms with Gasteiger partial charge in [-0.15, -0.1) is 0 Å². The molecule has 0 spiro atoms. The summed E-state index contributed by atoms with van der Waals surface area (Å²) in [6.07, 6.45) is 0. The van der Waals surface area contributed by atoms with Crippen LogP contribution in [0.25, 0.3) is 43.4 Å². The summed E-state index contributed by atoms with van der Waals surface area (Å²) in [6.45, 7) is 6.81. The smallest absolute Gasteiger partial charge is 0.252 e. The van der Waals surface area contributed by atoms with E-state index in [9.17, 15) is 0 Å². The summed E-state index contributed by atoms with van der Waals surface area (Å²) < 4.78 is 0. The molecule has 0 atom stereocenters. The lowest BCUT2D eigenvalue weighted by Gasteiger charge is -2.44. The predicted octanol–water partition coefficient (Wildman–Crippen LogP) is 11.8. The highest BCUT2D eigenvalue weighted by Gasteiger charge is 2.43. The number of nitrogens with zero attached hydrogens (tertiary/aromatic N) is 2. The molecule has 9 aromatic rings. The van der Waals surface area contributed by atoms with Gasteiger partial charge >= 0.3 is 0 Å². The van der Waals surface area contributed by atoms with Crippen LogP contribution in [-0.4, -0.2) is 6.71 Å². The van der Waals surface area contributed by atoms with Gasteiger partial charge in [0, 0.05) is 34.1 Å². The van der Waals surface area contributed by atoms with Crippen molar-refractivity contribution in [2.75, 3.05) is 9.80 Å². The first kappa shape index (κ1) is 31.0. The second-order valence-corrected chi connectivity index (χ2v) is 15.1. The molecule has 2 nitrogen and oxygen atoms in total. The van der Waals surface area contributed by atoms with Gasteiger partial charge in [0.15, 0.2) is 0 Å². The van der Waals surface area contributed by atoms with Gasteiger partial charge in [-0.25, -0.2) is 0 Å². The van der Waals surface area contributed by atoms with Crippen molar-refractivity contribution in [3.63, 3.8) is 0 Å². The summed E-state index contributed by atoms with van der Waals surface area (Å²) >= 11 is 0. The highest BCUT2D eigenvalue weighted by Crippen LogP contribution is 2.46. The van der Waals surface area contributed by atoms with Crippen molar-refractivity contribution in [1.82, 2.24) is 0 Å². The van der Waals surface area contributed by atoms with Crippen LogP contribution in [0, 0.1) is 20.8 Å². The Balaban J connectivity index is 1.18. The molecule has 0 saturated heterocycles. The van der Waals surface area contributed by atoms with Gasteiger partial charge in [0.05, 0.1) is 0 Å². The number of anilines is 6. The Bertz CT molecular complexity index is 2960. The third-order valence-corrected chi connectivity index (χ3v) is 11.9. The molecule has 254 valence electrons. The predicted molar refractivity (Wildman–Crippen MR) is 233 cm³/mol. The lowest BCUT2D eigenvalue weighted by molar-refractivity contribution is 1.24. The molecular weight excluding hydrogens is 651 g/mol. The van der Waals surface area contributed by atoms with E-state index in [2.05, 4.69) is 200 Å². The van der Waals surface area contributed by atoms with Gasteiger partial charge in [0.2, 0.25) is 0 Å². The Morgan fingerprint density at radius 3 is 1.52 bits per heavy atom. The van der Waals surface area contributed by atoms with E-state index in [0.29, 0.717) is 0 Å². The molecule has 0 unspecified atom stereocenters. The van der Waals surface area contributed by atoms with Crippen LogP contribution in [-0.2, 0) is 0 Å². The van der Waals surface area contributed by atoms with E-state index >= 15 is 0 Å². The van der Waals surface area contributed by atoms with E-state index in [1.807, 2.05) is 0 Å². The number of benzene rings is 9. The summed E-state index contributed by atoms with van der Waals surface area (Å²) in [6, 6.07) is 63.4. The topological polar surface area (TPSA) is 6.48 Å². The summed E-state index contributed by atoms with van der Waals surface area (Å²) in [7, 11) is 0. The van der Waals surface area contributed by atoms with Gasteiger partial charge in [-0.3, -0.25) is 0 Å². The van der Waals surface area contributed by atoms with Crippen LogP contribution in [0.2, 0.25) is 0 Å². The molecule has 0 bridgehead atoms. The van der Waals surface area contributed by atoms with E-state index in [1.54, 1.807) is 0 Å². The molecule has 11 rings (SSSR count). The molecule has 3 heteroatoms. The molecular formula is C51H37BN2. The summed E-state index contributed by atoms with van der Waals surface area (Å²) in [4.78, 5) is 4.99. The normalized spacial score (nSPS) is 13.0. The molecule has 2 aliphatic rings. The maximum Gasteiger partial charge on any atom is 0.252 e. The molecule has 2 heterocycles. The van der Waals surface area contributed by atoms with Crippen LogP contribution in [0.15, 0.2) is 170 Å². The van der Waals surface area contributed by atoms with Gasteiger partial charge in [0.25, 0.3) is 6.71 Å². The number of rotatable bonds is 3. The van der Waals surface area contributed by atoms with Crippen molar-refractivity contribution in [3.05, 3.63) is 187 Å². The standard InChI is InChI=1S/C51H37BN2/c1-32-23-27-46-44(29-32)52-45-30-33(2)24-28-47(45)54(49-22-12-21-48(51(49)52)53(46)35-13-5-4-6-14-35)36-26-25-34(3)43(31-36)42-20-11-19-41-39-16-8-7-15-37(39)38-17-9-10-18-40(38)50(41)42/h4-31H,1-3H3. The highest BCUT2D eigenvalue weighted by molar-refractivity contribution is 7.00. The minimum Gasteiger partial charge on any atom is -0.311 e. The molecule has 0 aromatic heterocycles. The van der Waals surface area contributed by atoms with Crippen LogP contribution >= 0.6 is 0 Å². The van der Waals surface area contributed by atoms with Gasteiger partial charge in [-0.05, 0) is 135 Å². The average Bonchev–Trinajstić information content (AvgIpc) is 3.21. The quantitative estimate of drug-likeness (QED) is 0.135. The molecule has 0 N–H and O–H groups in total. The van der Waals surface area contributed by atoms with Crippen molar-refractivity contribution in [1.29, 1.82) is 0 Å². The number of hydrogen-bond acceptors (Lipinski definition) is 2. The van der Waals surface area contributed by atoms with Crippen molar-refractivity contribution >= 4 is 89.5 Å². The zero-order chi connectivity index (χ0) is 36.1. The van der Waals surface area contributed by atoms with Crippen LogP contribution < -0.4 is 26.2 Å². The largest absolute Gasteiger partial charge is 0.311 e. The molecule has 0 aliphatic carbocycles. The molecule has 2 aliphatic heterocycles. The first-order valence-electron chi connectivity index (χ1n) is 19.0. The fourth-order valence-electron chi connectivity index (χ4n) is 9.54. The fraction of sp³-hybridized carbons (Fsp3) is 0.0588. The van der Waals surface area contributed by atoms with E-state index in [-0.39, 0.29) is 6.71 Å². The first-order valence-corrected chi connectivity index (χ1v) is 19.0. The number of para-hydroxylation sites is 1. The fourth-order valence-corrected chi connectivity index (χ4v) is 9.54. The number of fused-ring (bicyclic) bond motifs is 10. The first-order chi connectivity index (χ1) is 26.5. The zero-order valence-corrected chi connectivity index (χ0v) is 30.6. The van der Waals surface area contributed by atoms with E-state index in [0.717, 1.165) is 5.69 Å². The molecule has 0 radical (unpaired) electrons. The van der Waals surface area contributed by atoms with Crippen molar-refractivity contribution in [3.8, 4) is 11.1 Å². The van der Waals surface area contributed by atoms with Gasteiger partial charge in [0.1, 0.15) is 0 Å². The lowest BCUT2D eigenvalue weighted by atomic mass is 9.33. The maximum atomic E-state index is 2.52. The van der Waals surface area contributed by atoms with Crippen LogP contribution in [0.1, 0.15) is 16.7 Å². The summed E-state index contributed by atoms with van der Waals surface area (Å²) in [5.74, 6) is 0. The lowest BCUT2D eigenvalue weighted by Crippen LogP contribution is -2.61. The van der Waals surface area contributed by atoms with E-state index in [4.69, 9.17) is 0 Å². The Kier molecular flexibility index (Phi) is 6.72. The van der Waals surface area contributed by atoms with E-state index in [1.165, 1.54) is 105 Å². The summed E-state index contributed by atoms with van der Waals surface area (Å²) in [5.41, 5.74) is 17.7. The monoisotopic (exact) mass is 688 g/mol. The molecule has 0 fully saturated rings. The SMILES string of the molecule is Cc1ccc2c(c1)B1c3cc(C)ccc3N(c3ccc(C)c(-c4cccc5c6ccccc6c6ccccc6c45)c3)c3cccc(c31)N2c1ccccc1. The Labute approximate surface area is 316 Å². The van der Waals surface area contributed by atoms with Gasteiger partial charge in [-0.2, -0.15) is 0 Å². The number of aryl methyl sites for hydroxylation is 3. The van der Waals surface area contributed by atoms with E-state index < -0.39 is 0 Å². The van der Waals surface area contributed by atoms with Crippen LogP contribution in [0.3, 0.4) is 0 Å². The third-order valence-electron chi connectivity index (χ3n) is 11.9. The minimum absolute atomic E-state index is 0.111. The zero-order valence-electron chi connectivity index (χ0n) is 30.6. The molecule has 9 aromatic carbocycles. The Hall–Kier alpha value is -6.58. The molecule has 54 heavy (non-hydrogen) atoms. The second-order valence-electron chi connectivity index (χ2n) is 15.1. The van der Waals surface area contributed by atoms with Crippen molar-refractivity contribution in [2.45, 2.75) is 20.8 Å². The summed E-state index contributed by atoms with van der Waals surface area (Å²) in [5, 5.41) is 7.78. The van der Waals surface area contributed by atoms with Gasteiger partial charge in [-0.1, -0.05) is 132 Å².